The van der Waals surface area contributed by atoms with Crippen LogP contribution in [0.4, 0.5) is 0 Å². The Morgan fingerprint density at radius 1 is 0.964 bits per heavy atom. The molecule has 0 aliphatic carbocycles. The van der Waals surface area contributed by atoms with E-state index in [2.05, 4.69) is 15.5 Å². The number of ether oxygens (including phenoxy) is 1. The number of nitrogens with zero attached hydrogens (tertiary/aromatic N) is 1. The van der Waals surface area contributed by atoms with Gasteiger partial charge < -0.3 is 9.72 Å². The van der Waals surface area contributed by atoms with Gasteiger partial charge in [0.25, 0.3) is 5.91 Å². The molecule has 0 aliphatic rings. The normalized spacial score (nSPS) is 11.0. The van der Waals surface area contributed by atoms with E-state index in [4.69, 9.17) is 4.74 Å². The summed E-state index contributed by atoms with van der Waals surface area (Å²) < 4.78 is 5.84. The van der Waals surface area contributed by atoms with E-state index in [0.717, 1.165) is 22.0 Å². The van der Waals surface area contributed by atoms with Crippen molar-refractivity contribution in [2.45, 2.75) is 6.61 Å². The molecule has 1 amide bonds. The van der Waals surface area contributed by atoms with Gasteiger partial charge in [0.1, 0.15) is 12.4 Å². The number of carbonyl (C=O) groups excluding carboxylic acids is 1. The Hall–Kier alpha value is -3.86. The minimum atomic E-state index is -0.320. The van der Waals surface area contributed by atoms with Gasteiger partial charge in [0, 0.05) is 22.7 Å². The molecule has 1 aromatic heterocycles. The average molecular weight is 369 g/mol. The molecule has 5 nitrogen and oxygen atoms in total. The zero-order valence-corrected chi connectivity index (χ0v) is 15.1. The largest absolute Gasteiger partial charge is 0.488 e. The molecule has 5 heteroatoms. The van der Waals surface area contributed by atoms with E-state index in [9.17, 15) is 4.79 Å². The number of benzene rings is 3. The van der Waals surface area contributed by atoms with Crippen molar-refractivity contribution in [1.29, 1.82) is 0 Å². The van der Waals surface area contributed by atoms with Crippen LogP contribution in [0, 0.1) is 0 Å². The lowest BCUT2D eigenvalue weighted by molar-refractivity contribution is 0.0950. The number of hydrazone groups is 1. The lowest BCUT2D eigenvalue weighted by atomic mass is 10.2. The van der Waals surface area contributed by atoms with Crippen LogP contribution in [-0.2, 0) is 6.61 Å². The molecule has 0 atom stereocenters. The second kappa shape index (κ2) is 8.22. The number of carbonyl (C=O) groups is 1. The first-order valence-electron chi connectivity index (χ1n) is 8.96. The van der Waals surface area contributed by atoms with Crippen LogP contribution in [0.25, 0.3) is 10.9 Å². The maximum Gasteiger partial charge on any atom is 0.275 e. The Labute approximate surface area is 162 Å². The Morgan fingerprint density at radius 2 is 1.71 bits per heavy atom. The zero-order valence-electron chi connectivity index (χ0n) is 15.1. The van der Waals surface area contributed by atoms with Crippen molar-refractivity contribution in [2.24, 2.45) is 5.10 Å². The van der Waals surface area contributed by atoms with Crippen molar-refractivity contribution < 1.29 is 9.53 Å². The molecule has 0 radical (unpaired) electrons. The van der Waals surface area contributed by atoms with Gasteiger partial charge in [-0.2, -0.15) is 5.10 Å². The number of aromatic nitrogens is 1. The smallest absolute Gasteiger partial charge is 0.275 e. The SMILES string of the molecule is O=C(N/N=C\c1c[nH]c2ccccc12)c1ccccc1OCc1ccccc1. The van der Waals surface area contributed by atoms with Gasteiger partial charge in [0.05, 0.1) is 11.8 Å². The predicted molar refractivity (Wildman–Crippen MR) is 111 cm³/mol. The molecule has 0 bridgehead atoms. The summed E-state index contributed by atoms with van der Waals surface area (Å²) in [6, 6.07) is 24.9. The number of hydrogen-bond donors (Lipinski definition) is 2. The van der Waals surface area contributed by atoms with Gasteiger partial charge in [-0.25, -0.2) is 5.43 Å². The van der Waals surface area contributed by atoms with Crippen LogP contribution < -0.4 is 10.2 Å². The van der Waals surface area contributed by atoms with Crippen LogP contribution >= 0.6 is 0 Å². The maximum atomic E-state index is 12.6. The van der Waals surface area contributed by atoms with Crippen molar-refractivity contribution >= 4 is 23.0 Å². The second-order valence-corrected chi connectivity index (χ2v) is 6.26. The number of H-pyrrole nitrogens is 1. The average Bonchev–Trinajstić information content (AvgIpc) is 3.16. The number of hydrogen-bond acceptors (Lipinski definition) is 3. The van der Waals surface area contributed by atoms with E-state index in [1.54, 1.807) is 24.4 Å². The Kier molecular flexibility index (Phi) is 5.15. The summed E-state index contributed by atoms with van der Waals surface area (Å²) in [7, 11) is 0. The zero-order chi connectivity index (χ0) is 19.2. The molecule has 4 aromatic rings. The minimum absolute atomic E-state index is 0.320. The van der Waals surface area contributed by atoms with E-state index < -0.39 is 0 Å². The number of para-hydroxylation sites is 2. The van der Waals surface area contributed by atoms with Gasteiger partial charge in [-0.15, -0.1) is 0 Å². The molecule has 3 aromatic carbocycles. The fraction of sp³-hybridized carbons (Fsp3) is 0.0435. The Bertz CT molecular complexity index is 1120. The summed E-state index contributed by atoms with van der Waals surface area (Å²) >= 11 is 0. The number of amides is 1. The molecule has 138 valence electrons. The summed E-state index contributed by atoms with van der Waals surface area (Å²) in [5.74, 6) is 0.200. The van der Waals surface area contributed by atoms with Crippen LogP contribution in [0.5, 0.6) is 5.75 Å². The van der Waals surface area contributed by atoms with E-state index in [0.29, 0.717) is 17.9 Å². The minimum Gasteiger partial charge on any atom is -0.488 e. The van der Waals surface area contributed by atoms with E-state index in [1.807, 2.05) is 66.9 Å². The summed E-state index contributed by atoms with van der Waals surface area (Å²) in [4.78, 5) is 15.7. The Balaban J connectivity index is 1.44. The van der Waals surface area contributed by atoms with Gasteiger partial charge in [-0.05, 0) is 23.8 Å². The number of nitrogens with one attached hydrogen (secondary N) is 2. The first-order valence-corrected chi connectivity index (χ1v) is 8.96. The molecule has 0 aliphatic heterocycles. The van der Waals surface area contributed by atoms with Crippen LogP contribution in [-0.4, -0.2) is 17.1 Å². The van der Waals surface area contributed by atoms with Gasteiger partial charge in [0.15, 0.2) is 0 Å². The summed E-state index contributed by atoms with van der Waals surface area (Å²) in [6.45, 7) is 0.393. The topological polar surface area (TPSA) is 66.5 Å². The predicted octanol–water partition coefficient (Wildman–Crippen LogP) is 4.51. The Morgan fingerprint density at radius 3 is 2.61 bits per heavy atom. The maximum absolute atomic E-state index is 12.6. The van der Waals surface area contributed by atoms with Crippen molar-refractivity contribution in [2.75, 3.05) is 0 Å². The molecule has 0 fully saturated rings. The molecular formula is C23H19N3O2. The van der Waals surface area contributed by atoms with Crippen LogP contribution in [0.3, 0.4) is 0 Å². The van der Waals surface area contributed by atoms with Gasteiger partial charge >= 0.3 is 0 Å². The number of fused-ring (bicyclic) bond motifs is 1. The number of aromatic amines is 1. The van der Waals surface area contributed by atoms with Crippen molar-refractivity contribution in [3.63, 3.8) is 0 Å². The third-order valence-corrected chi connectivity index (χ3v) is 4.36. The van der Waals surface area contributed by atoms with E-state index in [-0.39, 0.29) is 5.91 Å². The fourth-order valence-corrected chi connectivity index (χ4v) is 2.94. The van der Waals surface area contributed by atoms with Gasteiger partial charge in [-0.3, -0.25) is 4.79 Å². The monoisotopic (exact) mass is 369 g/mol. The van der Waals surface area contributed by atoms with Crippen LogP contribution in [0.1, 0.15) is 21.5 Å². The summed E-state index contributed by atoms with van der Waals surface area (Å²) in [5.41, 5.74) is 5.98. The third kappa shape index (κ3) is 3.94. The fourth-order valence-electron chi connectivity index (χ4n) is 2.94. The molecule has 2 N–H and O–H groups in total. The lowest BCUT2D eigenvalue weighted by Crippen LogP contribution is -2.18. The highest BCUT2D eigenvalue weighted by Gasteiger charge is 2.11. The molecule has 0 saturated heterocycles. The summed E-state index contributed by atoms with van der Waals surface area (Å²) in [5, 5.41) is 5.15. The molecule has 0 saturated carbocycles. The van der Waals surface area contributed by atoms with Gasteiger partial charge in [0.2, 0.25) is 0 Å². The molecular weight excluding hydrogens is 350 g/mol. The van der Waals surface area contributed by atoms with Crippen LogP contribution in [0.2, 0.25) is 0 Å². The standard InChI is InChI=1S/C23H19N3O2/c27-23(26-25-15-18-14-24-21-12-6-4-10-19(18)21)20-11-5-7-13-22(20)28-16-17-8-2-1-3-9-17/h1-15,24H,16H2,(H,26,27)/b25-15-. The number of rotatable bonds is 6. The molecule has 4 rings (SSSR count). The van der Waals surface area contributed by atoms with Crippen molar-refractivity contribution in [3.05, 3.63) is 102 Å². The highest BCUT2D eigenvalue weighted by Crippen LogP contribution is 2.19. The third-order valence-electron chi connectivity index (χ3n) is 4.36. The lowest BCUT2D eigenvalue weighted by Gasteiger charge is -2.10. The van der Waals surface area contributed by atoms with Crippen molar-refractivity contribution in [3.8, 4) is 5.75 Å². The quantitative estimate of drug-likeness (QED) is 0.388. The van der Waals surface area contributed by atoms with E-state index >= 15 is 0 Å². The molecule has 0 unspecified atom stereocenters. The molecule has 28 heavy (non-hydrogen) atoms. The van der Waals surface area contributed by atoms with Crippen molar-refractivity contribution in [1.82, 2.24) is 10.4 Å². The van der Waals surface area contributed by atoms with Gasteiger partial charge in [-0.1, -0.05) is 60.7 Å². The first-order chi connectivity index (χ1) is 13.8. The highest BCUT2D eigenvalue weighted by atomic mass is 16.5. The van der Waals surface area contributed by atoms with E-state index in [1.165, 1.54) is 0 Å². The highest BCUT2D eigenvalue weighted by molar-refractivity contribution is 6.00. The second-order valence-electron chi connectivity index (χ2n) is 6.26. The molecule has 1 heterocycles. The van der Waals surface area contributed by atoms with Crippen LogP contribution in [0.15, 0.2) is 90.2 Å². The summed E-state index contributed by atoms with van der Waals surface area (Å²) in [6.07, 6.45) is 3.49. The first kappa shape index (κ1) is 17.5. The molecule has 0 spiro atoms.